The molecule has 190 valence electrons. The van der Waals surface area contributed by atoms with E-state index in [1.165, 1.54) is 54.1 Å². The maximum atomic E-state index is 2.43. The van der Waals surface area contributed by atoms with Gasteiger partial charge >= 0.3 is 0 Å². The lowest BCUT2D eigenvalue weighted by molar-refractivity contribution is 1.16. The van der Waals surface area contributed by atoms with Crippen LogP contribution in [0.3, 0.4) is 0 Å². The molecule has 2 aliphatic rings. The summed E-state index contributed by atoms with van der Waals surface area (Å²) in [6.07, 6.45) is 0. The highest BCUT2D eigenvalue weighted by Gasteiger charge is 2.32. The van der Waals surface area contributed by atoms with Gasteiger partial charge in [0.05, 0.1) is 22.7 Å². The van der Waals surface area contributed by atoms with Crippen LogP contribution in [0.1, 0.15) is 0 Å². The Morgan fingerprint density at radius 3 is 1.55 bits per heavy atom. The summed E-state index contributed by atoms with van der Waals surface area (Å²) in [6, 6.07) is 55.1. The van der Waals surface area contributed by atoms with Gasteiger partial charge in [0.15, 0.2) is 0 Å². The molecule has 0 saturated heterocycles. The third-order valence-corrected chi connectivity index (χ3v) is 11.5. The topological polar surface area (TPSA) is 6.48 Å². The molecular weight excluding hydrogens is 523 g/mol. The van der Waals surface area contributed by atoms with Crippen LogP contribution in [0.25, 0.3) is 0 Å². The highest BCUT2D eigenvalue weighted by atomic mass is 32.2. The molecule has 0 aromatic heterocycles. The third kappa shape index (κ3) is 3.78. The fourth-order valence-corrected chi connectivity index (χ4v) is 9.87. The fraction of sp³-hybridized carbons (Fsp3) is 0. The normalized spacial score (nSPS) is 15.1. The molecule has 0 radical (unpaired) electrons. The van der Waals surface area contributed by atoms with Gasteiger partial charge in [0.2, 0.25) is 0 Å². The summed E-state index contributed by atoms with van der Waals surface area (Å²) < 4.78 is 0. The summed E-state index contributed by atoms with van der Waals surface area (Å²) in [5.41, 5.74) is 7.05. The zero-order valence-corrected chi connectivity index (χ0v) is 23.4. The van der Waals surface area contributed by atoms with Crippen LogP contribution in [0.4, 0.5) is 34.1 Å². The van der Waals surface area contributed by atoms with Gasteiger partial charge in [-0.05, 0) is 78.4 Å². The van der Waals surface area contributed by atoms with Crippen molar-refractivity contribution in [2.45, 2.75) is 9.79 Å². The molecular formula is C36H25N2PS. The molecule has 6 aromatic rings. The molecule has 0 bridgehead atoms. The molecule has 0 aliphatic carbocycles. The van der Waals surface area contributed by atoms with Crippen LogP contribution in [0.15, 0.2) is 161 Å². The largest absolute Gasteiger partial charge is 0.306 e. The van der Waals surface area contributed by atoms with Gasteiger partial charge in [0.1, 0.15) is 0 Å². The van der Waals surface area contributed by atoms with Gasteiger partial charge < -0.3 is 9.80 Å². The Morgan fingerprint density at radius 1 is 0.400 bits per heavy atom. The molecule has 0 fully saturated rings. The zero-order valence-electron chi connectivity index (χ0n) is 21.7. The summed E-state index contributed by atoms with van der Waals surface area (Å²) >= 11 is 1.90. The highest BCUT2D eigenvalue weighted by molar-refractivity contribution is 8.02. The second-order valence-electron chi connectivity index (χ2n) is 9.88. The summed E-state index contributed by atoms with van der Waals surface area (Å²) in [4.78, 5) is 7.50. The van der Waals surface area contributed by atoms with E-state index in [0.717, 1.165) is 5.69 Å². The molecule has 1 unspecified atom stereocenters. The molecule has 0 N–H and O–H groups in total. The van der Waals surface area contributed by atoms with Crippen LogP contribution in [0.5, 0.6) is 0 Å². The number of benzene rings is 6. The first kappa shape index (κ1) is 23.6. The molecule has 40 heavy (non-hydrogen) atoms. The summed E-state index contributed by atoms with van der Waals surface area (Å²) in [7, 11) is -0.619. The second-order valence-corrected chi connectivity index (χ2v) is 13.1. The van der Waals surface area contributed by atoms with Crippen LogP contribution in [-0.4, -0.2) is 0 Å². The minimum absolute atomic E-state index is 0.619. The lowest BCUT2D eigenvalue weighted by atomic mass is 10.0. The first-order chi connectivity index (χ1) is 19.9. The molecule has 0 spiro atoms. The van der Waals surface area contributed by atoms with E-state index in [1.807, 2.05) is 11.8 Å². The SMILES string of the molecule is c1ccc(N2c3ccccc3N(c3ccc4c(c3)Sc3ccccc3P4c3ccccc3)c3ccccc32)cc1. The van der Waals surface area contributed by atoms with Crippen LogP contribution in [0.2, 0.25) is 0 Å². The van der Waals surface area contributed by atoms with Crippen molar-refractivity contribution >= 4 is 69.7 Å². The Kier molecular flexibility index (Phi) is 5.72. The van der Waals surface area contributed by atoms with E-state index in [0.29, 0.717) is 0 Å². The molecule has 0 saturated carbocycles. The quantitative estimate of drug-likeness (QED) is 0.203. The predicted molar refractivity (Wildman–Crippen MR) is 172 cm³/mol. The fourth-order valence-electron chi connectivity index (χ4n) is 5.82. The average Bonchev–Trinajstić information content (AvgIpc) is 3.03. The third-order valence-electron chi connectivity index (χ3n) is 7.52. The average molecular weight is 549 g/mol. The first-order valence-corrected chi connectivity index (χ1v) is 15.6. The van der Waals surface area contributed by atoms with Gasteiger partial charge in [-0.15, -0.1) is 0 Å². The van der Waals surface area contributed by atoms with E-state index in [4.69, 9.17) is 0 Å². The molecule has 1 atom stereocenters. The number of anilines is 6. The molecule has 2 nitrogen and oxygen atoms in total. The smallest absolute Gasteiger partial charge is 0.0703 e. The van der Waals surface area contributed by atoms with Gasteiger partial charge in [0.25, 0.3) is 0 Å². The number of para-hydroxylation sites is 5. The zero-order chi connectivity index (χ0) is 26.5. The first-order valence-electron chi connectivity index (χ1n) is 13.5. The second kappa shape index (κ2) is 9.71. The van der Waals surface area contributed by atoms with Gasteiger partial charge in [-0.2, -0.15) is 0 Å². The standard InChI is InChI=1S/C36H25N2PS/c1-3-13-26(14-4-1)37-29-17-7-9-19-31(29)38(32-20-10-8-18-30(32)37)27-23-24-34-36(25-27)40-35-22-12-11-21-33(35)39(34)28-15-5-2-6-16-28/h1-25H. The molecule has 2 aliphatic heterocycles. The van der Waals surface area contributed by atoms with Crippen LogP contribution in [0, 0.1) is 0 Å². The Hall–Kier alpha value is -4.30. The number of fused-ring (bicyclic) bond motifs is 4. The van der Waals surface area contributed by atoms with Gasteiger partial charge in [0, 0.05) is 21.2 Å². The minimum Gasteiger partial charge on any atom is -0.306 e. The van der Waals surface area contributed by atoms with E-state index in [2.05, 4.69) is 161 Å². The molecule has 0 amide bonds. The summed E-state index contributed by atoms with van der Waals surface area (Å²) in [6.45, 7) is 0. The van der Waals surface area contributed by atoms with E-state index in [-0.39, 0.29) is 0 Å². The van der Waals surface area contributed by atoms with E-state index in [1.54, 1.807) is 0 Å². The van der Waals surface area contributed by atoms with Crippen molar-refractivity contribution in [1.29, 1.82) is 0 Å². The Morgan fingerprint density at radius 2 is 0.900 bits per heavy atom. The number of rotatable bonds is 3. The Balaban J connectivity index is 1.31. The lowest BCUT2D eigenvalue weighted by Gasteiger charge is -2.40. The number of nitrogens with zero attached hydrogens (tertiary/aromatic N) is 2. The van der Waals surface area contributed by atoms with Crippen molar-refractivity contribution in [3.63, 3.8) is 0 Å². The summed E-state index contributed by atoms with van der Waals surface area (Å²) in [5, 5.41) is 4.27. The van der Waals surface area contributed by atoms with Crippen molar-refractivity contribution in [3.05, 3.63) is 152 Å². The summed E-state index contributed by atoms with van der Waals surface area (Å²) in [5.74, 6) is 0. The van der Waals surface area contributed by atoms with Gasteiger partial charge in [-0.3, -0.25) is 0 Å². The van der Waals surface area contributed by atoms with Gasteiger partial charge in [-0.25, -0.2) is 0 Å². The monoisotopic (exact) mass is 548 g/mol. The Bertz CT molecular complexity index is 1810. The van der Waals surface area contributed by atoms with Crippen molar-refractivity contribution < 1.29 is 0 Å². The lowest BCUT2D eigenvalue weighted by Crippen LogP contribution is -2.27. The van der Waals surface area contributed by atoms with Crippen LogP contribution in [-0.2, 0) is 0 Å². The highest BCUT2D eigenvalue weighted by Crippen LogP contribution is 2.55. The van der Waals surface area contributed by atoms with Crippen molar-refractivity contribution in [1.82, 2.24) is 0 Å². The van der Waals surface area contributed by atoms with Gasteiger partial charge in [-0.1, -0.05) is 109 Å². The minimum atomic E-state index is -0.619. The predicted octanol–water partition coefficient (Wildman–Crippen LogP) is 9.16. The van der Waals surface area contributed by atoms with Crippen molar-refractivity contribution in [2.75, 3.05) is 9.80 Å². The molecule has 4 heteroatoms. The number of hydrogen-bond donors (Lipinski definition) is 0. The van der Waals surface area contributed by atoms with E-state index < -0.39 is 7.92 Å². The number of hydrogen-bond acceptors (Lipinski definition) is 3. The van der Waals surface area contributed by atoms with E-state index >= 15 is 0 Å². The molecule has 6 aromatic carbocycles. The molecule has 8 rings (SSSR count). The van der Waals surface area contributed by atoms with Crippen LogP contribution >= 0.6 is 19.7 Å². The Labute approximate surface area is 240 Å². The van der Waals surface area contributed by atoms with Crippen LogP contribution < -0.4 is 25.7 Å². The maximum Gasteiger partial charge on any atom is 0.0703 e. The molecule has 2 heterocycles. The van der Waals surface area contributed by atoms with Crippen molar-refractivity contribution in [3.8, 4) is 0 Å². The van der Waals surface area contributed by atoms with E-state index in [9.17, 15) is 0 Å². The van der Waals surface area contributed by atoms with Crippen molar-refractivity contribution in [2.24, 2.45) is 0 Å². The maximum absolute atomic E-state index is 2.43.